The number of alkyl halides is 3. The minimum Gasteiger partial charge on any atom is -0.452 e. The third-order valence-corrected chi connectivity index (χ3v) is 2.10. The number of rotatable bonds is 3. The summed E-state index contributed by atoms with van der Waals surface area (Å²) in [5, 5.41) is 1.07. The number of carbonyl (C=O) groups is 1. The number of ether oxygens (including phenoxy) is 1. The van der Waals surface area contributed by atoms with Crippen LogP contribution in [0.3, 0.4) is 0 Å². The molecule has 18 heavy (non-hydrogen) atoms. The van der Waals surface area contributed by atoms with Crippen LogP contribution in [-0.4, -0.2) is 30.2 Å². The quantitative estimate of drug-likeness (QED) is 0.845. The van der Waals surface area contributed by atoms with Crippen molar-refractivity contribution in [3.63, 3.8) is 0 Å². The molecule has 0 spiro atoms. The van der Waals surface area contributed by atoms with Crippen LogP contribution in [0, 0.1) is 0 Å². The number of nitrogens with zero attached hydrogens (tertiary/aromatic N) is 2. The van der Waals surface area contributed by atoms with Gasteiger partial charge in [0, 0.05) is 13.2 Å². The summed E-state index contributed by atoms with van der Waals surface area (Å²) in [6, 6.07) is 2.17. The predicted octanol–water partition coefficient (Wildman–Crippen LogP) is 1.80. The van der Waals surface area contributed by atoms with E-state index in [0.717, 1.165) is 17.3 Å². The summed E-state index contributed by atoms with van der Waals surface area (Å²) in [7, 11) is 2.65. The molecule has 0 aliphatic carbocycles. The second-order valence-corrected chi connectivity index (χ2v) is 3.40. The average molecular weight is 263 g/mol. The molecule has 0 unspecified atom stereocenters. The SMILES string of the molecule is COC(=O)N(C)NCc1ccc(C(F)(F)F)cn1. The lowest BCUT2D eigenvalue weighted by Gasteiger charge is -2.16. The average Bonchev–Trinajstić information content (AvgIpc) is 2.34. The molecule has 8 heteroatoms. The van der Waals surface area contributed by atoms with Crippen LogP contribution in [0.5, 0.6) is 0 Å². The van der Waals surface area contributed by atoms with E-state index < -0.39 is 17.8 Å². The number of halogens is 3. The first-order valence-corrected chi connectivity index (χ1v) is 4.92. The molecule has 0 saturated carbocycles. The number of hydrazine groups is 1. The fraction of sp³-hybridized carbons (Fsp3) is 0.400. The normalized spacial score (nSPS) is 11.2. The minimum absolute atomic E-state index is 0.115. The van der Waals surface area contributed by atoms with Crippen molar-refractivity contribution < 1.29 is 22.7 Å². The number of methoxy groups -OCH3 is 1. The predicted molar refractivity (Wildman–Crippen MR) is 56.2 cm³/mol. The Kier molecular flexibility index (Phi) is 4.49. The van der Waals surface area contributed by atoms with Crippen LogP contribution in [0.25, 0.3) is 0 Å². The van der Waals surface area contributed by atoms with E-state index in [1.54, 1.807) is 0 Å². The number of amides is 1. The summed E-state index contributed by atoms with van der Waals surface area (Å²) in [6.45, 7) is 0.115. The van der Waals surface area contributed by atoms with Crippen molar-refractivity contribution in [3.05, 3.63) is 29.6 Å². The first kappa shape index (κ1) is 14.2. The highest BCUT2D eigenvalue weighted by Crippen LogP contribution is 2.28. The van der Waals surface area contributed by atoms with Gasteiger partial charge in [-0.05, 0) is 12.1 Å². The molecule has 1 heterocycles. The molecule has 100 valence electrons. The van der Waals surface area contributed by atoms with Gasteiger partial charge in [0.25, 0.3) is 0 Å². The van der Waals surface area contributed by atoms with Crippen LogP contribution in [0.1, 0.15) is 11.3 Å². The Hall–Kier alpha value is -1.83. The Balaban J connectivity index is 2.57. The zero-order valence-electron chi connectivity index (χ0n) is 9.78. The van der Waals surface area contributed by atoms with Crippen LogP contribution in [0.2, 0.25) is 0 Å². The van der Waals surface area contributed by atoms with E-state index in [-0.39, 0.29) is 6.54 Å². The second kappa shape index (κ2) is 5.67. The molecule has 0 atom stereocenters. The van der Waals surface area contributed by atoms with E-state index in [1.807, 2.05) is 0 Å². The van der Waals surface area contributed by atoms with E-state index in [4.69, 9.17) is 0 Å². The Labute approximate surface area is 102 Å². The van der Waals surface area contributed by atoms with Crippen molar-refractivity contribution in [2.75, 3.05) is 14.2 Å². The maximum absolute atomic E-state index is 12.3. The highest BCUT2D eigenvalue weighted by Gasteiger charge is 2.30. The summed E-state index contributed by atoms with van der Waals surface area (Å²) in [6.07, 6.45) is -4.27. The Morgan fingerprint density at radius 3 is 2.61 bits per heavy atom. The fourth-order valence-corrected chi connectivity index (χ4v) is 1.10. The number of nitrogens with one attached hydrogen (secondary N) is 1. The van der Waals surface area contributed by atoms with Crippen molar-refractivity contribution >= 4 is 6.09 Å². The van der Waals surface area contributed by atoms with Gasteiger partial charge in [0.1, 0.15) is 0 Å². The summed E-state index contributed by atoms with van der Waals surface area (Å²) in [5.74, 6) is 0. The molecule has 1 N–H and O–H groups in total. The molecule has 0 radical (unpaired) electrons. The number of pyridine rings is 1. The molecular weight excluding hydrogens is 251 g/mol. The van der Waals surface area contributed by atoms with Crippen LogP contribution in [-0.2, 0) is 17.5 Å². The first-order chi connectivity index (χ1) is 8.34. The van der Waals surface area contributed by atoms with Gasteiger partial charge in [0.05, 0.1) is 24.9 Å². The molecule has 0 aliphatic rings. The van der Waals surface area contributed by atoms with Gasteiger partial charge in [-0.15, -0.1) is 0 Å². The van der Waals surface area contributed by atoms with Crippen LogP contribution < -0.4 is 5.43 Å². The van der Waals surface area contributed by atoms with Gasteiger partial charge in [-0.3, -0.25) is 4.98 Å². The van der Waals surface area contributed by atoms with E-state index in [9.17, 15) is 18.0 Å². The zero-order chi connectivity index (χ0) is 13.8. The number of aromatic nitrogens is 1. The lowest BCUT2D eigenvalue weighted by atomic mass is 10.2. The molecule has 5 nitrogen and oxygen atoms in total. The zero-order valence-corrected chi connectivity index (χ0v) is 9.78. The van der Waals surface area contributed by atoms with Gasteiger partial charge in [-0.1, -0.05) is 0 Å². The van der Waals surface area contributed by atoms with Gasteiger partial charge in [0.15, 0.2) is 0 Å². The van der Waals surface area contributed by atoms with Crippen LogP contribution in [0.4, 0.5) is 18.0 Å². The number of hydrogen-bond acceptors (Lipinski definition) is 4. The lowest BCUT2D eigenvalue weighted by molar-refractivity contribution is -0.137. The Morgan fingerprint density at radius 1 is 1.50 bits per heavy atom. The van der Waals surface area contributed by atoms with E-state index in [0.29, 0.717) is 5.69 Å². The highest BCUT2D eigenvalue weighted by molar-refractivity contribution is 5.66. The summed E-state index contributed by atoms with van der Waals surface area (Å²) >= 11 is 0. The third kappa shape index (κ3) is 3.88. The van der Waals surface area contributed by atoms with Gasteiger partial charge in [-0.2, -0.15) is 13.2 Å². The van der Waals surface area contributed by atoms with Crippen LogP contribution in [0.15, 0.2) is 18.3 Å². The van der Waals surface area contributed by atoms with Crippen LogP contribution >= 0.6 is 0 Å². The molecule has 1 aromatic heterocycles. The van der Waals surface area contributed by atoms with Gasteiger partial charge < -0.3 is 4.74 Å². The Bertz CT molecular complexity index is 406. The summed E-state index contributed by atoms with van der Waals surface area (Å²) in [4.78, 5) is 14.6. The van der Waals surface area contributed by atoms with Crippen molar-refractivity contribution in [1.82, 2.24) is 15.4 Å². The molecule has 0 saturated heterocycles. The smallest absolute Gasteiger partial charge is 0.423 e. The molecule has 0 aliphatic heterocycles. The molecule has 0 aromatic carbocycles. The maximum atomic E-state index is 12.3. The van der Waals surface area contributed by atoms with Crippen molar-refractivity contribution in [3.8, 4) is 0 Å². The standard InChI is InChI=1S/C10H12F3N3O2/c1-16(9(17)18-2)15-6-8-4-3-7(5-14-8)10(11,12)13/h3-5,15H,6H2,1-2H3. The monoisotopic (exact) mass is 263 g/mol. The van der Waals surface area contributed by atoms with E-state index >= 15 is 0 Å². The third-order valence-electron chi connectivity index (χ3n) is 2.10. The maximum Gasteiger partial charge on any atom is 0.423 e. The van der Waals surface area contributed by atoms with Gasteiger partial charge in [0.2, 0.25) is 0 Å². The van der Waals surface area contributed by atoms with Gasteiger partial charge >= 0.3 is 12.3 Å². The molecule has 1 rings (SSSR count). The number of hydrogen-bond donors (Lipinski definition) is 1. The molecule has 0 fully saturated rings. The highest BCUT2D eigenvalue weighted by atomic mass is 19.4. The first-order valence-electron chi connectivity index (χ1n) is 4.92. The van der Waals surface area contributed by atoms with Gasteiger partial charge in [-0.25, -0.2) is 15.2 Å². The molecule has 0 bridgehead atoms. The largest absolute Gasteiger partial charge is 0.452 e. The minimum atomic E-state index is -4.40. The number of carbonyl (C=O) groups excluding carboxylic acids is 1. The lowest BCUT2D eigenvalue weighted by Crippen LogP contribution is -2.39. The van der Waals surface area contributed by atoms with Crippen molar-refractivity contribution in [2.24, 2.45) is 0 Å². The molecule has 1 aromatic rings. The molecular formula is C10H12F3N3O2. The second-order valence-electron chi connectivity index (χ2n) is 3.40. The Morgan fingerprint density at radius 2 is 2.17 bits per heavy atom. The van der Waals surface area contributed by atoms with E-state index in [1.165, 1.54) is 20.2 Å². The van der Waals surface area contributed by atoms with E-state index in [2.05, 4.69) is 15.1 Å². The summed E-state index contributed by atoms with van der Waals surface area (Å²) in [5.41, 5.74) is 2.18. The topological polar surface area (TPSA) is 54.5 Å². The molecule has 1 amide bonds. The van der Waals surface area contributed by atoms with Crippen molar-refractivity contribution in [2.45, 2.75) is 12.7 Å². The van der Waals surface area contributed by atoms with Crippen molar-refractivity contribution in [1.29, 1.82) is 0 Å². The fourth-order valence-electron chi connectivity index (χ4n) is 1.10. The summed E-state index contributed by atoms with van der Waals surface area (Å²) < 4.78 is 41.2.